The van der Waals surface area contributed by atoms with Crippen LogP contribution in [0, 0.1) is 0 Å². The summed E-state index contributed by atoms with van der Waals surface area (Å²) in [5.74, 6) is -0.0456. The van der Waals surface area contributed by atoms with E-state index in [0.717, 1.165) is 18.7 Å². The zero-order valence-corrected chi connectivity index (χ0v) is 18.3. The van der Waals surface area contributed by atoms with Crippen molar-refractivity contribution in [3.63, 3.8) is 0 Å². The third-order valence-electron chi connectivity index (χ3n) is 5.27. The predicted octanol–water partition coefficient (Wildman–Crippen LogP) is 2.31. The normalized spacial score (nSPS) is 17.9. The van der Waals surface area contributed by atoms with Gasteiger partial charge in [0.2, 0.25) is 5.91 Å². The SMILES string of the molecule is CCN(CC)C(CNC(=O)[C@H](C)N=C1NS(=O)(=O)c2ccccc21)c1ccccc1. The van der Waals surface area contributed by atoms with Crippen LogP contribution >= 0.6 is 0 Å². The number of rotatable bonds is 8. The fourth-order valence-corrected chi connectivity index (χ4v) is 4.86. The van der Waals surface area contributed by atoms with E-state index in [1.54, 1.807) is 25.1 Å². The number of amidine groups is 1. The van der Waals surface area contributed by atoms with Crippen molar-refractivity contribution in [1.82, 2.24) is 14.9 Å². The van der Waals surface area contributed by atoms with Gasteiger partial charge in [-0.25, -0.2) is 8.42 Å². The highest BCUT2D eigenvalue weighted by atomic mass is 32.2. The van der Waals surface area contributed by atoms with Crippen LogP contribution in [-0.2, 0) is 14.8 Å². The first-order chi connectivity index (χ1) is 14.4. The van der Waals surface area contributed by atoms with Gasteiger partial charge in [0.15, 0.2) is 0 Å². The molecule has 30 heavy (non-hydrogen) atoms. The molecule has 7 nitrogen and oxygen atoms in total. The molecule has 2 aromatic carbocycles. The Kier molecular flexibility index (Phi) is 6.89. The Morgan fingerprint density at radius 3 is 2.37 bits per heavy atom. The van der Waals surface area contributed by atoms with Crippen LogP contribution in [-0.4, -0.2) is 50.7 Å². The molecule has 0 radical (unpaired) electrons. The molecule has 0 aromatic heterocycles. The van der Waals surface area contributed by atoms with Crippen LogP contribution in [0.3, 0.4) is 0 Å². The highest BCUT2D eigenvalue weighted by molar-refractivity contribution is 7.90. The second-order valence-corrected chi connectivity index (χ2v) is 8.80. The topological polar surface area (TPSA) is 90.9 Å². The largest absolute Gasteiger partial charge is 0.352 e. The van der Waals surface area contributed by atoms with Crippen LogP contribution < -0.4 is 10.0 Å². The van der Waals surface area contributed by atoms with Crippen molar-refractivity contribution in [2.45, 2.75) is 37.8 Å². The molecule has 8 heteroatoms. The number of carbonyl (C=O) groups excluding carboxylic acids is 1. The number of hydrogen-bond acceptors (Lipinski definition) is 5. The summed E-state index contributed by atoms with van der Waals surface area (Å²) in [5, 5.41) is 2.98. The molecule has 1 amide bonds. The number of nitrogens with one attached hydrogen (secondary N) is 2. The standard InChI is InChI=1S/C22H28N4O3S/c1-4-26(5-2)19(17-11-7-6-8-12-17)15-23-22(27)16(3)24-21-18-13-9-10-14-20(18)30(28,29)25-21/h6-14,16,19H,4-5,15H2,1-3H3,(H,23,27)(H,24,25)/t16-,19?/m0/s1. The Labute approximate surface area is 178 Å². The Balaban J connectivity index is 1.73. The lowest BCUT2D eigenvalue weighted by molar-refractivity contribution is -0.122. The zero-order chi connectivity index (χ0) is 21.7. The number of benzene rings is 2. The summed E-state index contributed by atoms with van der Waals surface area (Å²) < 4.78 is 26.9. The first-order valence-electron chi connectivity index (χ1n) is 10.1. The van der Waals surface area contributed by atoms with Gasteiger partial charge < -0.3 is 5.32 Å². The number of fused-ring (bicyclic) bond motifs is 1. The molecule has 1 heterocycles. The highest BCUT2D eigenvalue weighted by Crippen LogP contribution is 2.23. The number of amides is 1. The van der Waals surface area contributed by atoms with Gasteiger partial charge in [0.05, 0.1) is 10.9 Å². The van der Waals surface area contributed by atoms with Crippen LogP contribution in [0.4, 0.5) is 0 Å². The third kappa shape index (κ3) is 4.71. The molecule has 160 valence electrons. The maximum Gasteiger partial charge on any atom is 0.263 e. The lowest BCUT2D eigenvalue weighted by atomic mass is 10.0. The summed E-state index contributed by atoms with van der Waals surface area (Å²) >= 11 is 0. The molecule has 2 N–H and O–H groups in total. The zero-order valence-electron chi connectivity index (χ0n) is 17.5. The van der Waals surface area contributed by atoms with E-state index in [1.807, 2.05) is 18.2 Å². The average molecular weight is 429 g/mol. The van der Waals surface area contributed by atoms with Crippen molar-refractivity contribution in [3.05, 3.63) is 65.7 Å². The average Bonchev–Trinajstić information content (AvgIpc) is 3.01. The monoisotopic (exact) mass is 428 g/mol. The maximum absolute atomic E-state index is 12.7. The lowest BCUT2D eigenvalue weighted by Gasteiger charge is -2.30. The molecule has 2 atom stereocenters. The van der Waals surface area contributed by atoms with E-state index in [0.29, 0.717) is 12.1 Å². The van der Waals surface area contributed by atoms with Gasteiger partial charge in [-0.1, -0.05) is 56.3 Å². The van der Waals surface area contributed by atoms with Gasteiger partial charge in [-0.05, 0) is 37.7 Å². The van der Waals surface area contributed by atoms with E-state index in [-0.39, 0.29) is 22.7 Å². The lowest BCUT2D eigenvalue weighted by Crippen LogP contribution is -2.41. The molecule has 1 unspecified atom stereocenters. The number of likely N-dealkylation sites (N-methyl/N-ethyl adjacent to an activating group) is 1. The minimum absolute atomic E-state index is 0.0516. The Hall–Kier alpha value is -2.71. The fraction of sp³-hybridized carbons (Fsp3) is 0.364. The van der Waals surface area contributed by atoms with Crippen LogP contribution in [0.25, 0.3) is 0 Å². The number of aliphatic imine (C=N–C) groups is 1. The van der Waals surface area contributed by atoms with Crippen LogP contribution in [0.1, 0.15) is 37.9 Å². The molecular formula is C22H28N4O3S. The highest BCUT2D eigenvalue weighted by Gasteiger charge is 2.31. The number of hydrogen-bond donors (Lipinski definition) is 2. The van der Waals surface area contributed by atoms with Gasteiger partial charge in [-0.2, -0.15) is 0 Å². The first-order valence-corrected chi connectivity index (χ1v) is 11.6. The minimum atomic E-state index is -3.63. The summed E-state index contributed by atoms with van der Waals surface area (Å²) in [7, 11) is -3.63. The molecule has 0 bridgehead atoms. The second-order valence-electron chi connectivity index (χ2n) is 7.15. The van der Waals surface area contributed by atoms with E-state index in [9.17, 15) is 13.2 Å². The van der Waals surface area contributed by atoms with E-state index in [1.165, 1.54) is 6.07 Å². The molecule has 1 aliphatic rings. The van der Waals surface area contributed by atoms with Crippen LogP contribution in [0.2, 0.25) is 0 Å². The smallest absolute Gasteiger partial charge is 0.263 e. The van der Waals surface area contributed by atoms with Crippen molar-refractivity contribution >= 4 is 21.8 Å². The molecule has 1 aliphatic heterocycles. The summed E-state index contributed by atoms with van der Waals surface area (Å²) in [5.41, 5.74) is 1.63. The predicted molar refractivity (Wildman–Crippen MR) is 118 cm³/mol. The van der Waals surface area contributed by atoms with Gasteiger partial charge in [0.1, 0.15) is 11.9 Å². The maximum atomic E-state index is 12.7. The first kappa shape index (κ1) is 22.0. The molecule has 0 spiro atoms. The van der Waals surface area contributed by atoms with Crippen molar-refractivity contribution < 1.29 is 13.2 Å². The quantitative estimate of drug-likeness (QED) is 0.675. The van der Waals surface area contributed by atoms with Crippen molar-refractivity contribution in [2.75, 3.05) is 19.6 Å². The molecule has 0 saturated carbocycles. The number of nitrogens with zero attached hydrogens (tertiary/aromatic N) is 2. The van der Waals surface area contributed by atoms with Crippen LogP contribution in [0.15, 0.2) is 64.5 Å². The van der Waals surface area contributed by atoms with Crippen molar-refractivity contribution in [2.24, 2.45) is 4.99 Å². The summed E-state index contributed by atoms with van der Waals surface area (Å²) in [6, 6.07) is 16.0. The fourth-order valence-electron chi connectivity index (χ4n) is 3.62. The van der Waals surface area contributed by atoms with E-state index in [4.69, 9.17) is 0 Å². The third-order valence-corrected chi connectivity index (χ3v) is 6.67. The van der Waals surface area contributed by atoms with Gasteiger partial charge in [0, 0.05) is 12.1 Å². The van der Waals surface area contributed by atoms with Gasteiger partial charge >= 0.3 is 0 Å². The molecule has 3 rings (SSSR count). The molecule has 0 fully saturated rings. The Morgan fingerprint density at radius 2 is 1.70 bits per heavy atom. The summed E-state index contributed by atoms with van der Waals surface area (Å²) in [4.78, 5) is 19.5. The molecular weight excluding hydrogens is 400 g/mol. The summed E-state index contributed by atoms with van der Waals surface area (Å²) in [6.07, 6.45) is 0. The molecule has 0 aliphatic carbocycles. The Morgan fingerprint density at radius 1 is 1.07 bits per heavy atom. The van der Waals surface area contributed by atoms with Gasteiger partial charge in [-0.3, -0.25) is 19.4 Å². The minimum Gasteiger partial charge on any atom is -0.352 e. The number of sulfonamides is 1. The van der Waals surface area contributed by atoms with Crippen LogP contribution in [0.5, 0.6) is 0 Å². The van der Waals surface area contributed by atoms with E-state index in [2.05, 4.69) is 45.9 Å². The number of carbonyl (C=O) groups is 1. The van der Waals surface area contributed by atoms with Gasteiger partial charge in [-0.15, -0.1) is 0 Å². The Bertz CT molecular complexity index is 1020. The van der Waals surface area contributed by atoms with E-state index >= 15 is 0 Å². The molecule has 0 saturated heterocycles. The van der Waals surface area contributed by atoms with Crippen molar-refractivity contribution in [3.8, 4) is 0 Å². The van der Waals surface area contributed by atoms with Crippen molar-refractivity contribution in [1.29, 1.82) is 0 Å². The second kappa shape index (κ2) is 9.40. The summed E-state index contributed by atoms with van der Waals surface area (Å²) in [6.45, 7) is 8.03. The van der Waals surface area contributed by atoms with Gasteiger partial charge in [0.25, 0.3) is 10.0 Å². The van der Waals surface area contributed by atoms with E-state index < -0.39 is 16.1 Å². The molecule has 2 aromatic rings.